The first-order valence-electron chi connectivity index (χ1n) is 7.38. The Kier molecular flexibility index (Phi) is 7.12. The first kappa shape index (κ1) is 18.1. The molecule has 0 heterocycles. The van der Waals surface area contributed by atoms with Gasteiger partial charge in [-0.2, -0.15) is 0 Å². The van der Waals surface area contributed by atoms with Gasteiger partial charge in [-0.3, -0.25) is 0 Å². The fourth-order valence-corrected chi connectivity index (χ4v) is 6.02. The maximum Gasteiger partial charge on any atom is 0.335 e. The van der Waals surface area contributed by atoms with Crippen molar-refractivity contribution < 1.29 is 8.85 Å². The Bertz CT molecular complexity index is 210. The Morgan fingerprint density at radius 2 is 1.22 bits per heavy atom. The highest BCUT2D eigenvalue weighted by Crippen LogP contribution is 2.28. The van der Waals surface area contributed by atoms with E-state index in [4.69, 9.17) is 8.85 Å². The average Bonchev–Trinajstić information content (AvgIpc) is 2.05. The quantitative estimate of drug-likeness (QED) is 0.465. The lowest BCUT2D eigenvalue weighted by Gasteiger charge is -2.39. The van der Waals surface area contributed by atoms with Crippen molar-refractivity contribution in [2.45, 2.75) is 97.9 Å². The summed E-state index contributed by atoms with van der Waals surface area (Å²) in [5.74, 6) is 0. The van der Waals surface area contributed by atoms with E-state index in [1.54, 1.807) is 0 Å². The molecule has 2 nitrogen and oxygen atoms in total. The van der Waals surface area contributed by atoms with Crippen molar-refractivity contribution in [3.63, 3.8) is 0 Å². The van der Waals surface area contributed by atoms with Crippen LogP contribution in [-0.2, 0) is 8.85 Å². The maximum atomic E-state index is 6.30. The normalized spacial score (nSPS) is 14.0. The van der Waals surface area contributed by atoms with Gasteiger partial charge in [0.15, 0.2) is 0 Å². The van der Waals surface area contributed by atoms with E-state index >= 15 is 0 Å². The SMILES string of the molecule is CCCCCC[Si](C)(OC(C)(C)C)OC(C)(C)C. The topological polar surface area (TPSA) is 18.5 Å². The van der Waals surface area contributed by atoms with Crippen LogP contribution >= 0.6 is 0 Å². The first-order valence-corrected chi connectivity index (χ1v) is 9.90. The zero-order valence-electron chi connectivity index (χ0n) is 13.9. The Labute approximate surface area is 116 Å². The van der Waals surface area contributed by atoms with Gasteiger partial charge in [0.1, 0.15) is 0 Å². The van der Waals surface area contributed by atoms with Crippen molar-refractivity contribution in [2.75, 3.05) is 0 Å². The molecule has 0 saturated carbocycles. The van der Waals surface area contributed by atoms with Crippen LogP contribution in [0.2, 0.25) is 12.6 Å². The monoisotopic (exact) mass is 274 g/mol. The summed E-state index contributed by atoms with van der Waals surface area (Å²) in [5, 5.41) is 0. The summed E-state index contributed by atoms with van der Waals surface area (Å²) in [6.07, 6.45) is 5.11. The van der Waals surface area contributed by atoms with Gasteiger partial charge in [0.05, 0.1) is 11.2 Å². The second-order valence-electron chi connectivity index (χ2n) is 7.37. The molecule has 0 N–H and O–H groups in total. The van der Waals surface area contributed by atoms with E-state index in [1.165, 1.54) is 25.7 Å². The van der Waals surface area contributed by atoms with Crippen molar-refractivity contribution in [1.82, 2.24) is 0 Å². The van der Waals surface area contributed by atoms with E-state index in [2.05, 4.69) is 55.0 Å². The molecule has 0 aliphatic carbocycles. The minimum absolute atomic E-state index is 0.114. The summed E-state index contributed by atoms with van der Waals surface area (Å²) in [6.45, 7) is 17.2. The van der Waals surface area contributed by atoms with Gasteiger partial charge in [-0.1, -0.05) is 32.6 Å². The van der Waals surface area contributed by atoms with Crippen LogP contribution in [0.3, 0.4) is 0 Å². The second kappa shape index (κ2) is 7.06. The minimum atomic E-state index is -2.07. The molecule has 0 aromatic carbocycles. The van der Waals surface area contributed by atoms with Crippen LogP contribution in [0.4, 0.5) is 0 Å². The molecule has 0 aliphatic rings. The van der Waals surface area contributed by atoms with Crippen molar-refractivity contribution in [3.05, 3.63) is 0 Å². The summed E-state index contributed by atoms with van der Waals surface area (Å²) in [5.41, 5.74) is -0.228. The Morgan fingerprint density at radius 1 is 0.778 bits per heavy atom. The number of hydrogen-bond acceptors (Lipinski definition) is 2. The van der Waals surface area contributed by atoms with E-state index < -0.39 is 8.56 Å². The second-order valence-corrected chi connectivity index (χ2v) is 10.5. The Balaban J connectivity index is 4.50. The van der Waals surface area contributed by atoms with Crippen LogP contribution in [0.15, 0.2) is 0 Å². The molecule has 0 aliphatic heterocycles. The van der Waals surface area contributed by atoms with Gasteiger partial charge >= 0.3 is 8.56 Å². The standard InChI is InChI=1S/C15H34O2Si/c1-9-10-11-12-13-18(8,16-14(2,3)4)17-15(5,6)7/h9-13H2,1-8H3. The molecule has 0 rings (SSSR count). The molecular formula is C15H34O2Si. The van der Waals surface area contributed by atoms with E-state index in [0.29, 0.717) is 0 Å². The molecule has 0 amide bonds. The third kappa shape index (κ3) is 10.1. The molecule has 0 saturated heterocycles. The lowest BCUT2D eigenvalue weighted by molar-refractivity contribution is 0.0173. The zero-order chi connectivity index (χ0) is 14.4. The van der Waals surface area contributed by atoms with Gasteiger partial charge in [-0.05, 0) is 54.1 Å². The summed E-state index contributed by atoms with van der Waals surface area (Å²) in [4.78, 5) is 0. The highest BCUT2D eigenvalue weighted by atomic mass is 28.4. The van der Waals surface area contributed by atoms with Gasteiger partial charge in [0, 0.05) is 0 Å². The number of hydrogen-bond donors (Lipinski definition) is 0. The zero-order valence-corrected chi connectivity index (χ0v) is 14.9. The molecule has 0 aromatic rings. The molecule has 0 radical (unpaired) electrons. The fraction of sp³-hybridized carbons (Fsp3) is 1.00. The predicted molar refractivity (Wildman–Crippen MR) is 82.2 cm³/mol. The lowest BCUT2D eigenvalue weighted by Crippen LogP contribution is -2.49. The molecule has 3 heteroatoms. The predicted octanol–water partition coefficient (Wildman–Crippen LogP) is 5.27. The molecule has 0 unspecified atom stereocenters. The van der Waals surface area contributed by atoms with Crippen molar-refractivity contribution in [2.24, 2.45) is 0 Å². The van der Waals surface area contributed by atoms with Crippen LogP contribution in [0.5, 0.6) is 0 Å². The van der Waals surface area contributed by atoms with Gasteiger partial charge in [0.25, 0.3) is 0 Å². The van der Waals surface area contributed by atoms with Crippen molar-refractivity contribution in [1.29, 1.82) is 0 Å². The summed E-state index contributed by atoms with van der Waals surface area (Å²) in [6, 6.07) is 1.10. The minimum Gasteiger partial charge on any atom is -0.389 e. The van der Waals surface area contributed by atoms with Gasteiger partial charge in [0.2, 0.25) is 0 Å². The first-order chi connectivity index (χ1) is 7.97. The highest BCUT2D eigenvalue weighted by Gasteiger charge is 2.38. The molecule has 0 fully saturated rings. The van der Waals surface area contributed by atoms with E-state index in [-0.39, 0.29) is 11.2 Å². The lowest BCUT2D eigenvalue weighted by atomic mass is 10.2. The fourth-order valence-electron chi connectivity index (χ4n) is 2.29. The van der Waals surface area contributed by atoms with Crippen molar-refractivity contribution >= 4 is 8.56 Å². The largest absolute Gasteiger partial charge is 0.389 e. The Hall–Kier alpha value is 0.137. The summed E-state index contributed by atoms with van der Waals surface area (Å²) < 4.78 is 12.6. The smallest absolute Gasteiger partial charge is 0.335 e. The maximum absolute atomic E-state index is 6.30. The molecule has 0 atom stereocenters. The van der Waals surface area contributed by atoms with Crippen LogP contribution in [0.1, 0.15) is 74.1 Å². The van der Waals surface area contributed by atoms with Crippen LogP contribution in [0.25, 0.3) is 0 Å². The van der Waals surface area contributed by atoms with Crippen molar-refractivity contribution in [3.8, 4) is 0 Å². The van der Waals surface area contributed by atoms with Gasteiger partial charge in [-0.25, -0.2) is 0 Å². The molecule has 0 aromatic heterocycles. The molecular weight excluding hydrogens is 240 g/mol. The molecule has 18 heavy (non-hydrogen) atoms. The summed E-state index contributed by atoms with van der Waals surface area (Å²) in [7, 11) is -2.07. The third-order valence-corrected chi connectivity index (χ3v) is 5.88. The highest BCUT2D eigenvalue weighted by molar-refractivity contribution is 6.66. The molecule has 110 valence electrons. The number of rotatable bonds is 7. The average molecular weight is 275 g/mol. The summed E-state index contributed by atoms with van der Waals surface area (Å²) >= 11 is 0. The third-order valence-electron chi connectivity index (χ3n) is 2.53. The van der Waals surface area contributed by atoms with Crippen LogP contribution in [-0.4, -0.2) is 19.8 Å². The molecule has 0 bridgehead atoms. The number of unbranched alkanes of at least 4 members (excludes halogenated alkanes) is 3. The van der Waals surface area contributed by atoms with E-state index in [1.807, 2.05) is 0 Å². The Morgan fingerprint density at radius 3 is 1.56 bits per heavy atom. The van der Waals surface area contributed by atoms with Gasteiger partial charge in [-0.15, -0.1) is 0 Å². The van der Waals surface area contributed by atoms with Crippen LogP contribution < -0.4 is 0 Å². The molecule has 0 spiro atoms. The van der Waals surface area contributed by atoms with E-state index in [9.17, 15) is 0 Å². The van der Waals surface area contributed by atoms with Crippen LogP contribution in [0, 0.1) is 0 Å². The van der Waals surface area contributed by atoms with E-state index in [0.717, 1.165) is 6.04 Å². The van der Waals surface area contributed by atoms with Gasteiger partial charge < -0.3 is 8.85 Å².